The van der Waals surface area contributed by atoms with Crippen LogP contribution >= 0.6 is 0 Å². The number of aryl methyl sites for hydroxylation is 1. The number of rotatable bonds is 7. The number of nitrogens with zero attached hydrogens (tertiary/aromatic N) is 1. The van der Waals surface area contributed by atoms with Crippen LogP contribution in [-0.2, 0) is 16.6 Å². The molecule has 0 aliphatic carbocycles. The zero-order valence-electron chi connectivity index (χ0n) is 18.8. The van der Waals surface area contributed by atoms with Crippen LogP contribution in [-0.4, -0.2) is 24.3 Å². The number of aromatic amines is 1. The number of amides is 1. The molecule has 2 aromatic heterocycles. The average molecular weight is 487 g/mol. The van der Waals surface area contributed by atoms with Crippen molar-refractivity contribution in [2.24, 2.45) is 0 Å². The molecular weight excluding hydrogens is 464 g/mol. The molecule has 0 atom stereocenters. The van der Waals surface area contributed by atoms with Gasteiger partial charge in [-0.2, -0.15) is 0 Å². The predicted octanol–water partition coefficient (Wildman–Crippen LogP) is 4.86. The first kappa shape index (κ1) is 22.6. The molecule has 2 heterocycles. The number of carbonyl (C=O) groups is 1. The van der Waals surface area contributed by atoms with E-state index < -0.39 is 15.9 Å². The van der Waals surface area contributed by atoms with Crippen LogP contribution < -0.4 is 10.0 Å². The van der Waals surface area contributed by atoms with Crippen molar-refractivity contribution >= 4 is 32.7 Å². The summed E-state index contributed by atoms with van der Waals surface area (Å²) in [5.74, 6) is 0.826. The van der Waals surface area contributed by atoms with Gasteiger partial charge in [0, 0.05) is 16.8 Å². The minimum absolute atomic E-state index is 0.0000366. The largest absolute Gasteiger partial charge is 0.468 e. The van der Waals surface area contributed by atoms with E-state index in [9.17, 15) is 13.2 Å². The molecule has 0 bridgehead atoms. The van der Waals surface area contributed by atoms with Gasteiger partial charge < -0.3 is 14.7 Å². The van der Waals surface area contributed by atoms with Crippen LogP contribution in [0.2, 0.25) is 0 Å². The molecule has 0 aliphatic heterocycles. The standard InChI is InChI=1S/C26H22N4O4S/c1-17-8-13-21(35(32,33)27-16-20-5-4-14-34-20)15-22(17)26(31)28-19-11-9-18(10-12-19)25-29-23-6-2-3-7-24(23)30-25/h2-15,27H,16H2,1H3,(H,28,31)(H,29,30). The quantitative estimate of drug-likeness (QED) is 0.304. The minimum Gasteiger partial charge on any atom is -0.468 e. The number of sulfonamides is 1. The molecule has 35 heavy (non-hydrogen) atoms. The van der Waals surface area contributed by atoms with Gasteiger partial charge >= 0.3 is 0 Å². The highest BCUT2D eigenvalue weighted by molar-refractivity contribution is 7.89. The van der Waals surface area contributed by atoms with Gasteiger partial charge in [0.2, 0.25) is 10.0 Å². The van der Waals surface area contributed by atoms with Crippen molar-refractivity contribution in [1.82, 2.24) is 14.7 Å². The number of furan rings is 1. The van der Waals surface area contributed by atoms with Gasteiger partial charge in [-0.1, -0.05) is 18.2 Å². The summed E-state index contributed by atoms with van der Waals surface area (Å²) in [6, 6.07) is 22.9. The zero-order valence-corrected chi connectivity index (χ0v) is 19.6. The van der Waals surface area contributed by atoms with Gasteiger partial charge in [0.15, 0.2) is 0 Å². The number of carbonyl (C=O) groups excluding carboxylic acids is 1. The molecule has 5 rings (SSSR count). The van der Waals surface area contributed by atoms with E-state index in [0.29, 0.717) is 17.0 Å². The summed E-state index contributed by atoms with van der Waals surface area (Å²) >= 11 is 0. The third-order valence-corrected chi connectivity index (χ3v) is 6.98. The summed E-state index contributed by atoms with van der Waals surface area (Å²) in [4.78, 5) is 20.8. The Kier molecular flexibility index (Phi) is 5.94. The molecule has 0 radical (unpaired) electrons. The lowest BCUT2D eigenvalue weighted by Crippen LogP contribution is -2.24. The lowest BCUT2D eigenvalue weighted by Gasteiger charge is -2.11. The molecule has 0 saturated heterocycles. The normalized spacial score (nSPS) is 11.6. The third kappa shape index (κ3) is 4.86. The van der Waals surface area contributed by atoms with Crippen molar-refractivity contribution in [1.29, 1.82) is 0 Å². The van der Waals surface area contributed by atoms with Crippen LogP contribution in [0.25, 0.3) is 22.4 Å². The predicted molar refractivity (Wildman–Crippen MR) is 133 cm³/mol. The summed E-state index contributed by atoms with van der Waals surface area (Å²) in [6.07, 6.45) is 1.47. The molecule has 176 valence electrons. The number of aromatic nitrogens is 2. The summed E-state index contributed by atoms with van der Waals surface area (Å²) in [5.41, 5.74) is 4.22. The van der Waals surface area contributed by atoms with Gasteiger partial charge in [0.05, 0.1) is 28.7 Å². The molecule has 3 aromatic carbocycles. The SMILES string of the molecule is Cc1ccc(S(=O)(=O)NCc2ccco2)cc1C(=O)Nc1ccc(-c2nc3ccccc3[nH]2)cc1. The number of para-hydroxylation sites is 2. The maximum absolute atomic E-state index is 13.0. The second-order valence-electron chi connectivity index (χ2n) is 8.01. The molecule has 0 aliphatic rings. The van der Waals surface area contributed by atoms with E-state index in [1.807, 2.05) is 36.4 Å². The number of benzene rings is 3. The van der Waals surface area contributed by atoms with Crippen molar-refractivity contribution in [3.8, 4) is 11.4 Å². The number of H-pyrrole nitrogens is 1. The Hall–Kier alpha value is -4.21. The second kappa shape index (κ2) is 9.21. The Bertz CT molecular complexity index is 1570. The highest BCUT2D eigenvalue weighted by atomic mass is 32.2. The van der Waals surface area contributed by atoms with E-state index >= 15 is 0 Å². The van der Waals surface area contributed by atoms with E-state index in [-0.39, 0.29) is 17.0 Å². The topological polar surface area (TPSA) is 117 Å². The van der Waals surface area contributed by atoms with Gasteiger partial charge in [-0.3, -0.25) is 4.79 Å². The van der Waals surface area contributed by atoms with E-state index in [4.69, 9.17) is 4.42 Å². The number of anilines is 1. The highest BCUT2D eigenvalue weighted by Gasteiger charge is 2.19. The summed E-state index contributed by atoms with van der Waals surface area (Å²) in [5, 5.41) is 2.84. The number of nitrogens with one attached hydrogen (secondary N) is 3. The van der Waals surface area contributed by atoms with Gasteiger partial charge in [-0.05, 0) is 73.2 Å². The first-order valence-electron chi connectivity index (χ1n) is 10.9. The van der Waals surface area contributed by atoms with Crippen LogP contribution in [0.15, 0.2) is 94.4 Å². The number of hydrogen-bond donors (Lipinski definition) is 3. The number of hydrogen-bond acceptors (Lipinski definition) is 5. The fourth-order valence-electron chi connectivity index (χ4n) is 3.67. The lowest BCUT2D eigenvalue weighted by molar-refractivity contribution is 0.102. The monoisotopic (exact) mass is 486 g/mol. The van der Waals surface area contributed by atoms with Crippen molar-refractivity contribution in [2.45, 2.75) is 18.4 Å². The fraction of sp³-hybridized carbons (Fsp3) is 0.0769. The van der Waals surface area contributed by atoms with Gasteiger partial charge in [0.25, 0.3) is 5.91 Å². The Morgan fingerprint density at radius 2 is 1.80 bits per heavy atom. The Morgan fingerprint density at radius 3 is 2.54 bits per heavy atom. The lowest BCUT2D eigenvalue weighted by atomic mass is 10.1. The van der Waals surface area contributed by atoms with Crippen molar-refractivity contribution in [2.75, 3.05) is 5.32 Å². The molecule has 1 amide bonds. The molecule has 9 heteroatoms. The van der Waals surface area contributed by atoms with Crippen molar-refractivity contribution in [3.05, 3.63) is 102 Å². The Balaban J connectivity index is 1.32. The molecule has 8 nitrogen and oxygen atoms in total. The van der Waals surface area contributed by atoms with Crippen LogP contribution in [0.4, 0.5) is 5.69 Å². The van der Waals surface area contributed by atoms with Crippen LogP contribution in [0.5, 0.6) is 0 Å². The van der Waals surface area contributed by atoms with Gasteiger partial charge in [0.1, 0.15) is 11.6 Å². The zero-order chi connectivity index (χ0) is 24.4. The highest BCUT2D eigenvalue weighted by Crippen LogP contribution is 2.23. The maximum atomic E-state index is 13.0. The van der Waals surface area contributed by atoms with E-state index in [0.717, 1.165) is 22.4 Å². The molecule has 3 N–H and O–H groups in total. The van der Waals surface area contributed by atoms with Gasteiger partial charge in [-0.25, -0.2) is 18.1 Å². The van der Waals surface area contributed by atoms with E-state index in [1.165, 1.54) is 18.4 Å². The number of fused-ring (bicyclic) bond motifs is 1. The molecule has 0 fully saturated rings. The Labute approximate surface area is 202 Å². The summed E-state index contributed by atoms with van der Waals surface area (Å²) in [7, 11) is -3.83. The van der Waals surface area contributed by atoms with Crippen molar-refractivity contribution in [3.63, 3.8) is 0 Å². The third-order valence-electron chi connectivity index (χ3n) is 5.59. The van der Waals surface area contributed by atoms with Crippen LogP contribution in [0.3, 0.4) is 0 Å². The van der Waals surface area contributed by atoms with Crippen LogP contribution in [0.1, 0.15) is 21.7 Å². The molecule has 0 saturated carbocycles. The maximum Gasteiger partial charge on any atom is 0.255 e. The van der Waals surface area contributed by atoms with E-state index in [1.54, 1.807) is 37.3 Å². The van der Waals surface area contributed by atoms with E-state index in [2.05, 4.69) is 20.0 Å². The summed E-state index contributed by atoms with van der Waals surface area (Å²) < 4.78 is 33.1. The van der Waals surface area contributed by atoms with Gasteiger partial charge in [-0.15, -0.1) is 0 Å². The summed E-state index contributed by atoms with van der Waals surface area (Å²) in [6.45, 7) is 1.77. The first-order chi connectivity index (χ1) is 16.9. The fourth-order valence-corrected chi connectivity index (χ4v) is 4.69. The van der Waals surface area contributed by atoms with Crippen molar-refractivity contribution < 1.29 is 17.6 Å². The molecule has 0 unspecified atom stereocenters. The first-order valence-corrected chi connectivity index (χ1v) is 12.4. The molecule has 0 spiro atoms. The minimum atomic E-state index is -3.83. The number of imidazole rings is 1. The smallest absolute Gasteiger partial charge is 0.255 e. The Morgan fingerprint density at radius 1 is 1.00 bits per heavy atom. The second-order valence-corrected chi connectivity index (χ2v) is 9.78. The average Bonchev–Trinajstić information content (AvgIpc) is 3.53. The molecular formula is C26H22N4O4S. The van der Waals surface area contributed by atoms with Crippen LogP contribution in [0, 0.1) is 6.92 Å². The molecule has 5 aromatic rings.